The van der Waals surface area contributed by atoms with E-state index in [2.05, 4.69) is 114 Å². The molecule has 0 aromatic heterocycles. The minimum absolute atomic E-state index is 0.0178. The van der Waals surface area contributed by atoms with E-state index in [-0.39, 0.29) is 10.8 Å². The lowest BCUT2D eigenvalue weighted by Gasteiger charge is -2.27. The smallest absolute Gasteiger partial charge is 0.123 e. The SMILES string of the molecule is Cc1cc(C(C)(C)C)c(O)c(C(C)(C)C)c1.c1ccc2c(c1)Nc1ccccc1S2. The van der Waals surface area contributed by atoms with Gasteiger partial charge < -0.3 is 10.4 Å². The fourth-order valence-electron chi connectivity index (χ4n) is 3.50. The number of phenols is 1. The molecule has 30 heavy (non-hydrogen) atoms. The Morgan fingerprint density at radius 3 is 1.50 bits per heavy atom. The number of phenolic OH excluding ortho intramolecular Hbond substituents is 1. The lowest BCUT2D eigenvalue weighted by molar-refractivity contribution is 0.423. The molecule has 1 aliphatic heterocycles. The number of fused-ring (bicyclic) bond motifs is 2. The Morgan fingerprint density at radius 1 is 0.700 bits per heavy atom. The van der Waals surface area contributed by atoms with Crippen LogP contribution in [0, 0.1) is 6.92 Å². The van der Waals surface area contributed by atoms with Gasteiger partial charge in [-0.3, -0.25) is 0 Å². The van der Waals surface area contributed by atoms with E-state index < -0.39 is 0 Å². The highest BCUT2D eigenvalue weighted by atomic mass is 32.2. The van der Waals surface area contributed by atoms with Crippen molar-refractivity contribution in [1.82, 2.24) is 0 Å². The summed E-state index contributed by atoms with van der Waals surface area (Å²) in [5.74, 6) is 0.464. The summed E-state index contributed by atoms with van der Waals surface area (Å²) in [6.45, 7) is 14.9. The van der Waals surface area contributed by atoms with Gasteiger partial charge >= 0.3 is 0 Å². The molecule has 0 radical (unpaired) electrons. The summed E-state index contributed by atoms with van der Waals surface area (Å²) in [5, 5.41) is 13.8. The van der Waals surface area contributed by atoms with Crippen LogP contribution in [-0.4, -0.2) is 5.11 Å². The largest absolute Gasteiger partial charge is 0.507 e. The van der Waals surface area contributed by atoms with E-state index >= 15 is 0 Å². The number of aryl methyl sites for hydroxylation is 1. The van der Waals surface area contributed by atoms with Gasteiger partial charge in [0.05, 0.1) is 11.4 Å². The van der Waals surface area contributed by atoms with Gasteiger partial charge in [0.15, 0.2) is 0 Å². The van der Waals surface area contributed by atoms with Crippen molar-refractivity contribution in [3.8, 4) is 5.75 Å². The van der Waals surface area contributed by atoms with Gasteiger partial charge in [-0.2, -0.15) is 0 Å². The molecule has 3 aromatic rings. The number of hydrogen-bond donors (Lipinski definition) is 2. The molecule has 4 rings (SSSR count). The van der Waals surface area contributed by atoms with E-state index in [0.717, 1.165) is 11.1 Å². The van der Waals surface area contributed by atoms with Gasteiger partial charge in [-0.1, -0.05) is 95.3 Å². The number of hydrogen-bond acceptors (Lipinski definition) is 3. The lowest BCUT2D eigenvalue weighted by Crippen LogP contribution is -2.17. The third-order valence-electron chi connectivity index (χ3n) is 5.13. The van der Waals surface area contributed by atoms with Gasteiger partial charge in [-0.25, -0.2) is 0 Å². The summed E-state index contributed by atoms with van der Waals surface area (Å²) in [4.78, 5) is 2.59. The first-order chi connectivity index (χ1) is 14.0. The van der Waals surface area contributed by atoms with Crippen molar-refractivity contribution in [3.63, 3.8) is 0 Å². The number of rotatable bonds is 0. The highest BCUT2D eigenvalue weighted by Crippen LogP contribution is 2.43. The van der Waals surface area contributed by atoms with Crippen molar-refractivity contribution in [3.05, 3.63) is 77.4 Å². The highest BCUT2D eigenvalue weighted by Gasteiger charge is 2.25. The molecule has 0 spiro atoms. The molecule has 0 unspecified atom stereocenters. The summed E-state index contributed by atoms with van der Waals surface area (Å²) in [6, 6.07) is 20.9. The number of nitrogens with one attached hydrogen (secondary N) is 1. The molecule has 2 nitrogen and oxygen atoms in total. The second kappa shape index (κ2) is 8.39. The monoisotopic (exact) mass is 419 g/mol. The van der Waals surface area contributed by atoms with Crippen LogP contribution in [0.4, 0.5) is 11.4 Å². The molecule has 0 amide bonds. The maximum absolute atomic E-state index is 10.4. The Bertz CT molecular complexity index is 919. The van der Waals surface area contributed by atoms with Crippen molar-refractivity contribution in [2.24, 2.45) is 0 Å². The number of para-hydroxylation sites is 2. The topological polar surface area (TPSA) is 32.3 Å². The minimum Gasteiger partial charge on any atom is -0.507 e. The maximum atomic E-state index is 10.4. The molecule has 3 heteroatoms. The van der Waals surface area contributed by atoms with Crippen molar-refractivity contribution in [2.45, 2.75) is 69.1 Å². The molecular formula is C27H33NOS. The third-order valence-corrected chi connectivity index (χ3v) is 6.29. The van der Waals surface area contributed by atoms with E-state index in [4.69, 9.17) is 0 Å². The zero-order valence-corrected chi connectivity index (χ0v) is 19.9. The second-order valence-corrected chi connectivity index (χ2v) is 11.0. The van der Waals surface area contributed by atoms with Gasteiger partial charge in [-0.05, 0) is 53.1 Å². The first-order valence-corrected chi connectivity index (χ1v) is 11.3. The maximum Gasteiger partial charge on any atom is 0.123 e. The molecule has 3 aromatic carbocycles. The van der Waals surface area contributed by atoms with Crippen LogP contribution >= 0.6 is 11.8 Å². The van der Waals surface area contributed by atoms with E-state index in [1.807, 2.05) is 11.8 Å². The van der Waals surface area contributed by atoms with Gasteiger partial charge in [-0.15, -0.1) is 0 Å². The van der Waals surface area contributed by atoms with E-state index in [0.29, 0.717) is 5.75 Å². The number of anilines is 2. The van der Waals surface area contributed by atoms with Crippen LogP contribution in [0.1, 0.15) is 58.2 Å². The van der Waals surface area contributed by atoms with Crippen molar-refractivity contribution in [1.29, 1.82) is 0 Å². The molecule has 0 saturated carbocycles. The quantitative estimate of drug-likeness (QED) is 0.301. The zero-order valence-electron chi connectivity index (χ0n) is 19.1. The Morgan fingerprint density at radius 2 is 1.10 bits per heavy atom. The fourth-order valence-corrected chi connectivity index (χ4v) is 4.49. The standard InChI is InChI=1S/C15H24O.C12H9NS/c1-10-8-11(14(2,3)4)13(16)12(9-10)15(5,6)7;1-3-7-11-9(5-1)13-10-6-2-4-8-12(10)14-11/h8-9,16H,1-7H3;1-8,13H. The summed E-state index contributed by atoms with van der Waals surface area (Å²) in [6.07, 6.45) is 0. The predicted octanol–water partition coefficient (Wildman–Crippen LogP) is 8.19. The first-order valence-electron chi connectivity index (χ1n) is 10.4. The Hall–Kier alpha value is -2.39. The average molecular weight is 420 g/mol. The Balaban J connectivity index is 0.000000171. The molecular weight excluding hydrogens is 386 g/mol. The van der Waals surface area contributed by atoms with Crippen LogP contribution in [-0.2, 0) is 10.8 Å². The molecule has 2 N–H and O–H groups in total. The van der Waals surface area contributed by atoms with Crippen molar-refractivity contribution < 1.29 is 5.11 Å². The number of aromatic hydroxyl groups is 1. The van der Waals surface area contributed by atoms with Gasteiger partial charge in [0.1, 0.15) is 5.75 Å². The first kappa shape index (κ1) is 22.3. The van der Waals surface area contributed by atoms with Crippen LogP contribution < -0.4 is 5.32 Å². The van der Waals surface area contributed by atoms with Crippen LogP contribution in [0.3, 0.4) is 0 Å². The third kappa shape index (κ3) is 5.02. The molecule has 1 heterocycles. The van der Waals surface area contributed by atoms with E-state index in [1.165, 1.54) is 26.7 Å². The van der Waals surface area contributed by atoms with Crippen molar-refractivity contribution in [2.75, 3.05) is 5.32 Å². The number of benzene rings is 3. The molecule has 0 aliphatic carbocycles. The molecule has 1 aliphatic rings. The van der Waals surface area contributed by atoms with Crippen LogP contribution in [0.2, 0.25) is 0 Å². The molecule has 0 atom stereocenters. The van der Waals surface area contributed by atoms with Crippen molar-refractivity contribution >= 4 is 23.1 Å². The predicted molar refractivity (Wildman–Crippen MR) is 131 cm³/mol. The summed E-state index contributed by atoms with van der Waals surface area (Å²) >= 11 is 1.82. The van der Waals surface area contributed by atoms with Gasteiger partial charge in [0, 0.05) is 9.79 Å². The normalized spacial score (nSPS) is 12.8. The average Bonchev–Trinajstić information content (AvgIpc) is 2.66. The van der Waals surface area contributed by atoms with Gasteiger partial charge in [0.2, 0.25) is 0 Å². The summed E-state index contributed by atoms with van der Waals surface area (Å²) < 4.78 is 0. The lowest BCUT2D eigenvalue weighted by atomic mass is 9.78. The molecule has 158 valence electrons. The summed E-state index contributed by atoms with van der Waals surface area (Å²) in [7, 11) is 0. The fraction of sp³-hybridized carbons (Fsp3) is 0.333. The highest BCUT2D eigenvalue weighted by molar-refractivity contribution is 7.99. The van der Waals surface area contributed by atoms with Crippen LogP contribution in [0.5, 0.6) is 5.75 Å². The molecule has 0 bridgehead atoms. The summed E-state index contributed by atoms with van der Waals surface area (Å²) in [5.41, 5.74) is 5.67. The van der Waals surface area contributed by atoms with E-state index in [9.17, 15) is 5.11 Å². The second-order valence-electron chi connectivity index (χ2n) is 9.93. The van der Waals surface area contributed by atoms with Crippen LogP contribution in [0.25, 0.3) is 0 Å². The Kier molecular flexibility index (Phi) is 6.24. The zero-order chi connectivity index (χ0) is 22.1. The molecule has 0 fully saturated rings. The molecule has 0 saturated heterocycles. The Labute approximate surface area is 185 Å². The minimum atomic E-state index is -0.0178. The van der Waals surface area contributed by atoms with Gasteiger partial charge in [0.25, 0.3) is 0 Å². The van der Waals surface area contributed by atoms with Crippen LogP contribution in [0.15, 0.2) is 70.5 Å². The van der Waals surface area contributed by atoms with E-state index in [1.54, 1.807) is 0 Å².